The molecule has 6 nitrogen and oxygen atoms in total. The van der Waals surface area contributed by atoms with Crippen molar-refractivity contribution in [1.29, 1.82) is 0 Å². The number of rotatable bonds is 9. The van der Waals surface area contributed by atoms with Crippen molar-refractivity contribution in [2.24, 2.45) is 0 Å². The molecule has 0 atom stereocenters. The van der Waals surface area contributed by atoms with Crippen LogP contribution in [0.15, 0.2) is 42.5 Å². The average molecular weight is 397 g/mol. The third-order valence-electron chi connectivity index (χ3n) is 4.86. The zero-order valence-corrected chi connectivity index (χ0v) is 17.8. The third-order valence-corrected chi connectivity index (χ3v) is 4.86. The summed E-state index contributed by atoms with van der Waals surface area (Å²) in [6.07, 6.45) is 0. The smallest absolute Gasteiger partial charge is 0.319 e. The van der Waals surface area contributed by atoms with E-state index in [1.54, 1.807) is 12.1 Å². The second kappa shape index (κ2) is 11.2. The summed E-state index contributed by atoms with van der Waals surface area (Å²) in [7, 11) is 0. The second-order valence-electron chi connectivity index (χ2n) is 6.97. The molecule has 0 bridgehead atoms. The summed E-state index contributed by atoms with van der Waals surface area (Å²) in [5.74, 6) is -0.152. The average Bonchev–Trinajstić information content (AvgIpc) is 2.73. The Balaban J connectivity index is 1.91. The normalized spacial score (nSPS) is 10.7. The van der Waals surface area contributed by atoms with Gasteiger partial charge in [0.2, 0.25) is 0 Å². The van der Waals surface area contributed by atoms with Crippen LogP contribution in [0.4, 0.5) is 10.5 Å². The molecule has 156 valence electrons. The lowest BCUT2D eigenvalue weighted by Crippen LogP contribution is -2.29. The van der Waals surface area contributed by atoms with Crippen molar-refractivity contribution in [2.75, 3.05) is 25.0 Å². The van der Waals surface area contributed by atoms with Gasteiger partial charge in [0.1, 0.15) is 0 Å². The van der Waals surface area contributed by atoms with Crippen LogP contribution in [0.25, 0.3) is 0 Å². The number of aryl methyl sites for hydroxylation is 1. The molecular weight excluding hydrogens is 364 g/mol. The van der Waals surface area contributed by atoms with E-state index in [1.807, 2.05) is 32.0 Å². The van der Waals surface area contributed by atoms with Gasteiger partial charge in [0, 0.05) is 30.9 Å². The van der Waals surface area contributed by atoms with Crippen molar-refractivity contribution in [3.63, 3.8) is 0 Å². The van der Waals surface area contributed by atoms with Gasteiger partial charge in [-0.2, -0.15) is 0 Å². The molecule has 0 unspecified atom stereocenters. The third kappa shape index (κ3) is 6.91. The largest absolute Gasteiger partial charge is 0.352 e. The van der Waals surface area contributed by atoms with Gasteiger partial charge < -0.3 is 16.0 Å². The monoisotopic (exact) mass is 396 g/mol. The minimum atomic E-state index is -0.298. The maximum atomic E-state index is 12.3. The van der Waals surface area contributed by atoms with Crippen molar-refractivity contribution < 1.29 is 9.59 Å². The Bertz CT molecular complexity index is 814. The van der Waals surface area contributed by atoms with E-state index in [0.717, 1.165) is 30.8 Å². The predicted molar refractivity (Wildman–Crippen MR) is 118 cm³/mol. The highest BCUT2D eigenvalue weighted by Crippen LogP contribution is 2.17. The highest BCUT2D eigenvalue weighted by molar-refractivity contribution is 5.97. The molecule has 0 fully saturated rings. The number of hydrogen-bond donors (Lipinski definition) is 3. The van der Waals surface area contributed by atoms with E-state index in [4.69, 9.17) is 0 Å². The van der Waals surface area contributed by atoms with Crippen molar-refractivity contribution >= 4 is 17.6 Å². The first kappa shape index (κ1) is 22.4. The number of hydrogen-bond acceptors (Lipinski definition) is 3. The molecule has 0 aromatic heterocycles. The van der Waals surface area contributed by atoms with Gasteiger partial charge >= 0.3 is 6.03 Å². The Kier molecular flexibility index (Phi) is 8.68. The van der Waals surface area contributed by atoms with E-state index >= 15 is 0 Å². The first-order valence-corrected chi connectivity index (χ1v) is 10.2. The molecule has 0 spiro atoms. The highest BCUT2D eigenvalue weighted by Gasteiger charge is 2.10. The maximum Gasteiger partial charge on any atom is 0.319 e. The van der Waals surface area contributed by atoms with E-state index < -0.39 is 0 Å². The van der Waals surface area contributed by atoms with Crippen molar-refractivity contribution in [3.8, 4) is 0 Å². The first-order valence-electron chi connectivity index (χ1n) is 10.2. The summed E-state index contributed by atoms with van der Waals surface area (Å²) in [4.78, 5) is 26.7. The summed E-state index contributed by atoms with van der Waals surface area (Å²) in [6, 6.07) is 13.3. The molecule has 29 heavy (non-hydrogen) atoms. The first-order chi connectivity index (χ1) is 14.0. The van der Waals surface area contributed by atoms with E-state index in [0.29, 0.717) is 24.3 Å². The minimum absolute atomic E-state index is 0.152. The Morgan fingerprint density at radius 3 is 2.17 bits per heavy atom. The molecule has 6 heteroatoms. The molecule has 0 heterocycles. The summed E-state index contributed by atoms with van der Waals surface area (Å²) < 4.78 is 0. The molecule has 3 amide bonds. The van der Waals surface area contributed by atoms with Gasteiger partial charge in [0.05, 0.1) is 0 Å². The summed E-state index contributed by atoms with van der Waals surface area (Å²) in [5.41, 5.74) is 4.35. The van der Waals surface area contributed by atoms with Gasteiger partial charge in [-0.3, -0.25) is 9.69 Å². The zero-order chi connectivity index (χ0) is 21.2. The van der Waals surface area contributed by atoms with Crippen molar-refractivity contribution in [1.82, 2.24) is 15.5 Å². The van der Waals surface area contributed by atoms with Crippen LogP contribution < -0.4 is 16.0 Å². The molecule has 0 aliphatic carbocycles. The molecule has 0 saturated carbocycles. The number of nitrogens with zero attached hydrogens (tertiary/aromatic N) is 1. The number of carbonyl (C=O) groups excluding carboxylic acids is 2. The number of anilines is 1. The van der Waals surface area contributed by atoms with Crippen molar-refractivity contribution in [2.45, 2.75) is 40.8 Å². The molecule has 3 N–H and O–H groups in total. The molecule has 2 rings (SSSR count). The van der Waals surface area contributed by atoms with Crippen LogP contribution in [0.5, 0.6) is 0 Å². The molecule has 0 radical (unpaired) electrons. The Hall–Kier alpha value is -2.86. The second-order valence-corrected chi connectivity index (χ2v) is 6.97. The number of nitrogens with one attached hydrogen (secondary N) is 3. The van der Waals surface area contributed by atoms with Crippen LogP contribution in [-0.2, 0) is 13.1 Å². The van der Waals surface area contributed by atoms with E-state index in [1.165, 1.54) is 5.56 Å². The number of benzene rings is 2. The Morgan fingerprint density at radius 2 is 1.55 bits per heavy atom. The maximum absolute atomic E-state index is 12.3. The quantitative estimate of drug-likeness (QED) is 0.602. The summed E-state index contributed by atoms with van der Waals surface area (Å²) in [5, 5.41) is 8.47. The molecule has 0 aliphatic rings. The number of carbonyl (C=O) groups is 2. The molecular formula is C23H32N4O2. The minimum Gasteiger partial charge on any atom is -0.352 e. The number of urea groups is 1. The zero-order valence-electron chi connectivity index (χ0n) is 17.8. The fraction of sp³-hybridized carbons (Fsp3) is 0.391. The van der Waals surface area contributed by atoms with Crippen LogP contribution in [0.2, 0.25) is 0 Å². The van der Waals surface area contributed by atoms with Gasteiger partial charge in [-0.1, -0.05) is 44.2 Å². The lowest BCUT2D eigenvalue weighted by atomic mass is 10.1. The Labute approximate surface area is 173 Å². The van der Waals surface area contributed by atoms with Crippen LogP contribution in [-0.4, -0.2) is 36.5 Å². The highest BCUT2D eigenvalue weighted by atomic mass is 16.2. The van der Waals surface area contributed by atoms with Gasteiger partial charge in [0.25, 0.3) is 5.91 Å². The topological polar surface area (TPSA) is 73.5 Å². The molecule has 0 saturated heterocycles. The standard InChI is InChI=1S/C23H32N4O2/c1-5-24-22(28)20-13-8-17(4)21(14-20)26-23(29)25-15-18-9-11-19(12-10-18)16-27(6-2)7-3/h8-14H,5-7,15-16H2,1-4H3,(H,24,28)(H2,25,26,29). The van der Waals surface area contributed by atoms with Crippen molar-refractivity contribution in [3.05, 3.63) is 64.7 Å². The molecule has 2 aromatic carbocycles. The molecule has 2 aromatic rings. The van der Waals surface area contributed by atoms with Gasteiger partial charge in [-0.05, 0) is 55.8 Å². The fourth-order valence-corrected chi connectivity index (χ4v) is 2.98. The van der Waals surface area contributed by atoms with E-state index in [-0.39, 0.29) is 11.9 Å². The van der Waals surface area contributed by atoms with Crippen LogP contribution in [0, 0.1) is 6.92 Å². The fourth-order valence-electron chi connectivity index (χ4n) is 2.98. The summed E-state index contributed by atoms with van der Waals surface area (Å²) in [6.45, 7) is 12.1. The lowest BCUT2D eigenvalue weighted by Gasteiger charge is -2.18. The lowest BCUT2D eigenvalue weighted by molar-refractivity contribution is 0.0956. The van der Waals surface area contributed by atoms with E-state index in [2.05, 4.69) is 46.8 Å². The van der Waals surface area contributed by atoms with Crippen LogP contribution in [0.1, 0.15) is 47.8 Å². The Morgan fingerprint density at radius 1 is 0.897 bits per heavy atom. The van der Waals surface area contributed by atoms with Gasteiger partial charge in [-0.15, -0.1) is 0 Å². The van der Waals surface area contributed by atoms with Crippen LogP contribution in [0.3, 0.4) is 0 Å². The summed E-state index contributed by atoms with van der Waals surface area (Å²) >= 11 is 0. The number of amides is 3. The van der Waals surface area contributed by atoms with Crippen LogP contribution >= 0.6 is 0 Å². The van der Waals surface area contributed by atoms with Gasteiger partial charge in [0.15, 0.2) is 0 Å². The van der Waals surface area contributed by atoms with E-state index in [9.17, 15) is 9.59 Å². The predicted octanol–water partition coefficient (Wildman–Crippen LogP) is 3.91. The SMILES string of the molecule is CCNC(=O)c1ccc(C)c(NC(=O)NCc2ccc(CN(CC)CC)cc2)c1. The van der Waals surface area contributed by atoms with Gasteiger partial charge in [-0.25, -0.2) is 4.79 Å². The molecule has 0 aliphatic heterocycles.